The summed E-state index contributed by atoms with van der Waals surface area (Å²) in [5.41, 5.74) is 13.3. The molecule has 84 valence electrons. The number of hydrogen-bond acceptors (Lipinski definition) is 6. The fourth-order valence-corrected chi connectivity index (χ4v) is 1.24. The molecule has 0 amide bonds. The Balaban J connectivity index is 2.04. The average Bonchev–Trinajstić information content (AvgIpc) is 2.27. The zero-order valence-corrected chi connectivity index (χ0v) is 9.69. The number of nitrogens with two attached hydrogens (primary N) is 2. The second-order valence-electron chi connectivity index (χ2n) is 2.93. The molecule has 0 aliphatic carbocycles. The smallest absolute Gasteiger partial charge is 0.410 e. The van der Waals surface area contributed by atoms with E-state index in [2.05, 4.69) is 26.5 Å². The van der Waals surface area contributed by atoms with Crippen LogP contribution >= 0.6 is 15.9 Å². The highest BCUT2D eigenvalue weighted by atomic mass is 79.9. The lowest BCUT2D eigenvalue weighted by molar-refractivity contribution is 0.282. The zero-order chi connectivity index (χ0) is 11.5. The molecule has 0 saturated heterocycles. The number of hydrazone groups is 1. The zero-order valence-electron chi connectivity index (χ0n) is 8.11. The Morgan fingerprint density at radius 3 is 2.56 bits per heavy atom. The van der Waals surface area contributed by atoms with Gasteiger partial charge in [0.05, 0.1) is 0 Å². The van der Waals surface area contributed by atoms with Crippen molar-refractivity contribution in [3.8, 4) is 5.75 Å². The van der Waals surface area contributed by atoms with Crippen LogP contribution in [0.15, 0.2) is 45.5 Å². The van der Waals surface area contributed by atoms with E-state index in [1.807, 2.05) is 12.1 Å². The topological polar surface area (TPSA) is 94.9 Å². The normalized spacial score (nSPS) is 14.9. The van der Waals surface area contributed by atoms with Gasteiger partial charge in [-0.3, -0.25) is 5.43 Å². The standard InChI is InChI=1S/C9H9BrN4O2/c10-5-1-3-6(4-2-5)15-9-14-13-7(11)8(12)16-9/h1-4,13H,11-12H2. The fourth-order valence-electron chi connectivity index (χ4n) is 0.980. The highest BCUT2D eigenvalue weighted by Gasteiger charge is 2.14. The number of ether oxygens (including phenoxy) is 2. The van der Waals surface area contributed by atoms with Crippen LogP contribution in [0.5, 0.6) is 5.75 Å². The highest BCUT2D eigenvalue weighted by Crippen LogP contribution is 2.17. The molecular weight excluding hydrogens is 276 g/mol. The number of halogens is 1. The number of rotatable bonds is 1. The molecule has 1 aliphatic rings. The van der Waals surface area contributed by atoms with Crippen molar-refractivity contribution in [3.63, 3.8) is 0 Å². The van der Waals surface area contributed by atoms with Gasteiger partial charge in [0.15, 0.2) is 5.82 Å². The van der Waals surface area contributed by atoms with E-state index in [1.54, 1.807) is 12.1 Å². The van der Waals surface area contributed by atoms with Crippen molar-refractivity contribution in [2.24, 2.45) is 16.6 Å². The molecule has 2 rings (SSSR count). The van der Waals surface area contributed by atoms with E-state index in [4.69, 9.17) is 20.9 Å². The first kappa shape index (κ1) is 10.6. The Bertz CT molecular complexity index is 455. The molecule has 1 heterocycles. The average molecular weight is 285 g/mol. The van der Waals surface area contributed by atoms with Crippen LogP contribution in [0.3, 0.4) is 0 Å². The molecule has 0 aromatic heterocycles. The number of hydrogen-bond donors (Lipinski definition) is 3. The van der Waals surface area contributed by atoms with Crippen LogP contribution in [-0.4, -0.2) is 6.08 Å². The summed E-state index contributed by atoms with van der Waals surface area (Å²) in [7, 11) is 0. The maximum Gasteiger partial charge on any atom is 0.418 e. The molecule has 0 spiro atoms. The van der Waals surface area contributed by atoms with E-state index in [-0.39, 0.29) is 17.8 Å². The molecule has 1 aromatic carbocycles. The van der Waals surface area contributed by atoms with Crippen LogP contribution in [0.2, 0.25) is 0 Å². The molecule has 1 aromatic rings. The van der Waals surface area contributed by atoms with Gasteiger partial charge in [0, 0.05) is 4.47 Å². The Morgan fingerprint density at radius 1 is 1.25 bits per heavy atom. The van der Waals surface area contributed by atoms with Crippen LogP contribution in [0.4, 0.5) is 0 Å². The van der Waals surface area contributed by atoms with Crippen molar-refractivity contribution in [1.82, 2.24) is 5.43 Å². The minimum Gasteiger partial charge on any atom is -0.410 e. The predicted octanol–water partition coefficient (Wildman–Crippen LogP) is 0.763. The van der Waals surface area contributed by atoms with Crippen molar-refractivity contribution in [2.45, 2.75) is 0 Å². The van der Waals surface area contributed by atoms with Crippen molar-refractivity contribution in [2.75, 3.05) is 0 Å². The van der Waals surface area contributed by atoms with Crippen molar-refractivity contribution in [1.29, 1.82) is 0 Å². The Hall–Kier alpha value is -1.89. The van der Waals surface area contributed by atoms with E-state index < -0.39 is 0 Å². The second kappa shape index (κ2) is 4.31. The minimum atomic E-state index is -0.00553. The predicted molar refractivity (Wildman–Crippen MR) is 61.8 cm³/mol. The lowest BCUT2D eigenvalue weighted by Crippen LogP contribution is -2.32. The molecule has 0 saturated carbocycles. The number of nitrogens with zero attached hydrogens (tertiary/aromatic N) is 1. The molecule has 16 heavy (non-hydrogen) atoms. The van der Waals surface area contributed by atoms with Gasteiger partial charge in [-0.1, -0.05) is 21.0 Å². The lowest BCUT2D eigenvalue weighted by Gasteiger charge is -2.15. The summed E-state index contributed by atoms with van der Waals surface area (Å²) in [5, 5.41) is 3.73. The quantitative estimate of drug-likeness (QED) is 0.708. The molecule has 7 heteroatoms. The summed E-state index contributed by atoms with van der Waals surface area (Å²) in [5.74, 6) is 0.766. The third kappa shape index (κ3) is 2.37. The van der Waals surface area contributed by atoms with E-state index >= 15 is 0 Å². The first-order valence-electron chi connectivity index (χ1n) is 4.35. The molecule has 6 nitrogen and oxygen atoms in total. The van der Waals surface area contributed by atoms with Gasteiger partial charge in [-0.2, -0.15) is 0 Å². The Labute approximate surface area is 100 Å². The van der Waals surface area contributed by atoms with Crippen LogP contribution in [0, 0.1) is 0 Å². The van der Waals surface area contributed by atoms with Crippen molar-refractivity contribution >= 4 is 22.0 Å². The van der Waals surface area contributed by atoms with Crippen molar-refractivity contribution < 1.29 is 9.47 Å². The van der Waals surface area contributed by atoms with Gasteiger partial charge in [0.2, 0.25) is 5.88 Å². The highest BCUT2D eigenvalue weighted by molar-refractivity contribution is 9.10. The molecule has 0 unspecified atom stereocenters. The van der Waals surface area contributed by atoms with Gasteiger partial charge in [-0.25, -0.2) is 0 Å². The van der Waals surface area contributed by atoms with Gasteiger partial charge < -0.3 is 20.9 Å². The molecule has 5 N–H and O–H groups in total. The maximum absolute atomic E-state index is 5.45. The fraction of sp³-hybridized carbons (Fsp3) is 0. The monoisotopic (exact) mass is 284 g/mol. The molecule has 1 aliphatic heterocycles. The van der Waals surface area contributed by atoms with Crippen molar-refractivity contribution in [3.05, 3.63) is 40.4 Å². The Morgan fingerprint density at radius 2 is 1.94 bits per heavy atom. The first-order valence-corrected chi connectivity index (χ1v) is 5.14. The van der Waals surface area contributed by atoms with E-state index in [0.717, 1.165) is 4.47 Å². The van der Waals surface area contributed by atoms with Gasteiger partial charge in [0.1, 0.15) is 5.75 Å². The van der Waals surface area contributed by atoms with Gasteiger partial charge in [-0.15, -0.1) is 0 Å². The van der Waals surface area contributed by atoms with Gasteiger partial charge >= 0.3 is 6.08 Å². The summed E-state index contributed by atoms with van der Waals surface area (Å²) >= 11 is 3.31. The molecule has 0 atom stereocenters. The van der Waals surface area contributed by atoms with Crippen LogP contribution in [0.25, 0.3) is 0 Å². The third-order valence-electron chi connectivity index (χ3n) is 1.75. The molecule has 0 fully saturated rings. The summed E-state index contributed by atoms with van der Waals surface area (Å²) in [6.45, 7) is 0. The summed E-state index contributed by atoms with van der Waals surface area (Å²) in [6.07, 6.45) is -0.00553. The van der Waals surface area contributed by atoms with Crippen LogP contribution in [0.1, 0.15) is 0 Å². The SMILES string of the molecule is NC1=C(N)OC(Oc2ccc(Br)cc2)=NN1. The second-order valence-corrected chi connectivity index (χ2v) is 3.84. The van der Waals surface area contributed by atoms with E-state index in [9.17, 15) is 0 Å². The minimum absolute atomic E-state index is 0.00553. The molecule has 0 radical (unpaired) electrons. The van der Waals surface area contributed by atoms with Crippen LogP contribution in [-0.2, 0) is 4.74 Å². The van der Waals surface area contributed by atoms with Gasteiger partial charge in [-0.05, 0) is 24.3 Å². The molecular formula is C9H9BrN4O2. The first-order chi connectivity index (χ1) is 7.65. The summed E-state index contributed by atoms with van der Waals surface area (Å²) in [4.78, 5) is 0. The Kier molecular flexibility index (Phi) is 2.86. The number of benzene rings is 1. The van der Waals surface area contributed by atoms with Crippen LogP contribution < -0.4 is 21.6 Å². The molecule has 0 bridgehead atoms. The van der Waals surface area contributed by atoms with Gasteiger partial charge in [0.25, 0.3) is 0 Å². The summed E-state index contributed by atoms with van der Waals surface area (Å²) < 4.78 is 11.3. The lowest BCUT2D eigenvalue weighted by atomic mass is 10.3. The maximum atomic E-state index is 5.45. The third-order valence-corrected chi connectivity index (χ3v) is 2.28. The largest absolute Gasteiger partial charge is 0.418 e. The van der Waals surface area contributed by atoms with E-state index in [1.165, 1.54) is 0 Å². The van der Waals surface area contributed by atoms with E-state index in [0.29, 0.717) is 5.75 Å². The number of nitrogens with one attached hydrogen (secondary N) is 1. The summed E-state index contributed by atoms with van der Waals surface area (Å²) in [6, 6.07) is 7.18.